The Balaban J connectivity index is 2.02. The van der Waals surface area contributed by atoms with Gasteiger partial charge in [0, 0.05) is 11.3 Å². The normalized spacial score (nSPS) is 23.0. The van der Waals surface area contributed by atoms with E-state index >= 15 is 0 Å². The van der Waals surface area contributed by atoms with E-state index in [-0.39, 0.29) is 11.6 Å². The molecule has 0 bridgehead atoms. The number of nitrogens with two attached hydrogens (primary N) is 1. The molecule has 1 fully saturated rings. The average molecular weight is 291 g/mol. The average Bonchev–Trinajstić information content (AvgIpc) is 2.89. The molecule has 1 heterocycles. The van der Waals surface area contributed by atoms with Crippen LogP contribution in [0, 0.1) is 0 Å². The summed E-state index contributed by atoms with van der Waals surface area (Å²) < 4.78 is 2.07. The lowest BCUT2D eigenvalue weighted by Crippen LogP contribution is -2.20. The van der Waals surface area contributed by atoms with Gasteiger partial charge in [0.2, 0.25) is 0 Å². The molecule has 1 aromatic rings. The minimum Gasteiger partial charge on any atom is -0.476 e. The Bertz CT molecular complexity index is 518. The number of aromatic carboxylic acids is 1. The van der Waals surface area contributed by atoms with Crippen molar-refractivity contribution >= 4 is 5.97 Å². The Hall–Kier alpha value is -1.36. The number of fused-ring (bicyclic) bond motifs is 1. The van der Waals surface area contributed by atoms with Gasteiger partial charge in [-0.15, -0.1) is 0 Å². The van der Waals surface area contributed by atoms with Crippen LogP contribution in [0.5, 0.6) is 0 Å². The summed E-state index contributed by atoms with van der Waals surface area (Å²) in [7, 11) is 0. The number of rotatable bonds is 4. The number of carboxylic acid groups (broad SMARTS) is 1. The van der Waals surface area contributed by atoms with Crippen LogP contribution in [0.2, 0.25) is 0 Å². The van der Waals surface area contributed by atoms with Gasteiger partial charge in [0.1, 0.15) is 0 Å². The van der Waals surface area contributed by atoms with Crippen molar-refractivity contribution < 1.29 is 9.90 Å². The minimum atomic E-state index is -0.885. The van der Waals surface area contributed by atoms with Crippen LogP contribution in [0.15, 0.2) is 0 Å². The standard InChI is InChI=1S/C16H25N3O2/c17-10-9-11-5-4-8-13-14(11)15(16(20)21)18-19(13)12-6-2-1-3-7-12/h11-12H,1-10,17H2,(H,20,21). The molecule has 1 unspecified atom stereocenters. The first-order valence-electron chi connectivity index (χ1n) is 8.27. The summed E-state index contributed by atoms with van der Waals surface area (Å²) in [4.78, 5) is 11.6. The fourth-order valence-electron chi connectivity index (χ4n) is 4.10. The summed E-state index contributed by atoms with van der Waals surface area (Å²) in [5.74, 6) is -0.605. The predicted octanol–water partition coefficient (Wildman–Crippen LogP) is 2.86. The third-order valence-corrected chi connectivity index (χ3v) is 5.06. The maximum absolute atomic E-state index is 11.6. The van der Waals surface area contributed by atoms with Gasteiger partial charge >= 0.3 is 5.97 Å². The van der Waals surface area contributed by atoms with E-state index in [1.54, 1.807) is 0 Å². The Labute approximate surface area is 125 Å². The fourth-order valence-corrected chi connectivity index (χ4v) is 4.10. The van der Waals surface area contributed by atoms with Crippen LogP contribution in [-0.2, 0) is 6.42 Å². The first kappa shape index (κ1) is 14.6. The van der Waals surface area contributed by atoms with E-state index in [4.69, 9.17) is 5.73 Å². The molecule has 0 aliphatic heterocycles. The Morgan fingerprint density at radius 3 is 2.67 bits per heavy atom. The summed E-state index contributed by atoms with van der Waals surface area (Å²) in [6.07, 6.45) is 10.0. The van der Waals surface area contributed by atoms with Crippen LogP contribution in [0.25, 0.3) is 0 Å². The van der Waals surface area contributed by atoms with Crippen molar-refractivity contribution in [2.75, 3.05) is 6.54 Å². The molecule has 21 heavy (non-hydrogen) atoms. The van der Waals surface area contributed by atoms with Crippen molar-refractivity contribution in [3.8, 4) is 0 Å². The van der Waals surface area contributed by atoms with Crippen molar-refractivity contribution in [3.63, 3.8) is 0 Å². The van der Waals surface area contributed by atoms with Crippen molar-refractivity contribution in [1.82, 2.24) is 9.78 Å². The van der Waals surface area contributed by atoms with Crippen LogP contribution >= 0.6 is 0 Å². The summed E-state index contributed by atoms with van der Waals surface area (Å²) in [5.41, 5.74) is 8.18. The number of aromatic nitrogens is 2. The lowest BCUT2D eigenvalue weighted by atomic mass is 9.82. The zero-order valence-corrected chi connectivity index (χ0v) is 12.6. The van der Waals surface area contributed by atoms with Crippen LogP contribution in [0.3, 0.4) is 0 Å². The van der Waals surface area contributed by atoms with Gasteiger partial charge < -0.3 is 10.8 Å². The molecule has 3 N–H and O–H groups in total. The topological polar surface area (TPSA) is 81.1 Å². The smallest absolute Gasteiger partial charge is 0.356 e. The largest absolute Gasteiger partial charge is 0.476 e. The van der Waals surface area contributed by atoms with Gasteiger partial charge in [0.15, 0.2) is 5.69 Å². The zero-order valence-electron chi connectivity index (χ0n) is 12.6. The number of nitrogens with zero attached hydrogens (tertiary/aromatic N) is 2. The molecule has 0 aromatic carbocycles. The maximum Gasteiger partial charge on any atom is 0.356 e. The van der Waals surface area contributed by atoms with E-state index < -0.39 is 5.97 Å². The number of carboxylic acids is 1. The highest BCUT2D eigenvalue weighted by Gasteiger charge is 2.33. The van der Waals surface area contributed by atoms with Gasteiger partial charge in [-0.1, -0.05) is 19.3 Å². The molecule has 0 radical (unpaired) electrons. The van der Waals surface area contributed by atoms with Gasteiger partial charge in [0.05, 0.1) is 6.04 Å². The molecule has 5 nitrogen and oxygen atoms in total. The van der Waals surface area contributed by atoms with Crippen LogP contribution < -0.4 is 5.73 Å². The monoisotopic (exact) mass is 291 g/mol. The molecule has 0 spiro atoms. The second kappa shape index (κ2) is 6.18. The van der Waals surface area contributed by atoms with Crippen molar-refractivity contribution in [2.45, 2.75) is 69.7 Å². The van der Waals surface area contributed by atoms with E-state index in [2.05, 4.69) is 9.78 Å². The molecule has 2 aliphatic rings. The molecule has 3 rings (SSSR count). The summed E-state index contributed by atoms with van der Waals surface area (Å²) in [6.45, 7) is 0.609. The van der Waals surface area contributed by atoms with E-state index in [0.29, 0.717) is 12.6 Å². The molecular weight excluding hydrogens is 266 g/mol. The number of carbonyl (C=O) groups is 1. The molecular formula is C16H25N3O2. The van der Waals surface area contributed by atoms with Crippen LogP contribution in [-0.4, -0.2) is 27.4 Å². The lowest BCUT2D eigenvalue weighted by Gasteiger charge is -2.27. The summed E-state index contributed by atoms with van der Waals surface area (Å²) in [5, 5.41) is 14.1. The third kappa shape index (κ3) is 2.71. The highest BCUT2D eigenvalue weighted by molar-refractivity contribution is 5.87. The van der Waals surface area contributed by atoms with Gasteiger partial charge in [-0.05, 0) is 51.0 Å². The first-order chi connectivity index (χ1) is 10.2. The van der Waals surface area contributed by atoms with E-state index in [0.717, 1.165) is 44.1 Å². The molecule has 1 saturated carbocycles. The van der Waals surface area contributed by atoms with Gasteiger partial charge in [-0.2, -0.15) is 5.10 Å². The van der Waals surface area contributed by atoms with Crippen molar-refractivity contribution in [1.29, 1.82) is 0 Å². The molecule has 1 aromatic heterocycles. The molecule has 5 heteroatoms. The molecule has 2 aliphatic carbocycles. The first-order valence-corrected chi connectivity index (χ1v) is 8.27. The van der Waals surface area contributed by atoms with Crippen LogP contribution in [0.1, 0.15) is 85.1 Å². The molecule has 116 valence electrons. The highest BCUT2D eigenvalue weighted by atomic mass is 16.4. The summed E-state index contributed by atoms with van der Waals surface area (Å²) >= 11 is 0. The van der Waals surface area contributed by atoms with Crippen molar-refractivity contribution in [3.05, 3.63) is 17.0 Å². The number of hydrogen-bond acceptors (Lipinski definition) is 3. The Morgan fingerprint density at radius 1 is 1.24 bits per heavy atom. The van der Waals surface area contributed by atoms with Gasteiger partial charge in [0.25, 0.3) is 0 Å². The van der Waals surface area contributed by atoms with Gasteiger partial charge in [-0.25, -0.2) is 4.79 Å². The zero-order chi connectivity index (χ0) is 14.8. The molecule has 0 amide bonds. The van der Waals surface area contributed by atoms with E-state index in [1.165, 1.54) is 25.0 Å². The second-order valence-electron chi connectivity index (χ2n) is 6.42. The van der Waals surface area contributed by atoms with Crippen LogP contribution in [0.4, 0.5) is 0 Å². The highest BCUT2D eigenvalue weighted by Crippen LogP contribution is 2.39. The quantitative estimate of drug-likeness (QED) is 0.893. The maximum atomic E-state index is 11.6. The predicted molar refractivity (Wildman–Crippen MR) is 80.7 cm³/mol. The fraction of sp³-hybridized carbons (Fsp3) is 0.750. The lowest BCUT2D eigenvalue weighted by molar-refractivity contribution is 0.0687. The van der Waals surface area contributed by atoms with Crippen molar-refractivity contribution in [2.24, 2.45) is 5.73 Å². The second-order valence-corrected chi connectivity index (χ2v) is 6.42. The SMILES string of the molecule is NCCC1CCCc2c1c(C(=O)O)nn2C1CCCCC1. The van der Waals surface area contributed by atoms with E-state index in [1.807, 2.05) is 0 Å². The van der Waals surface area contributed by atoms with E-state index in [9.17, 15) is 9.90 Å². The Kier molecular flexibility index (Phi) is 4.29. The molecule has 0 saturated heterocycles. The minimum absolute atomic E-state index is 0.280. The van der Waals surface area contributed by atoms with Gasteiger partial charge in [-0.3, -0.25) is 4.68 Å². The molecule has 1 atom stereocenters. The third-order valence-electron chi connectivity index (χ3n) is 5.06. The Morgan fingerprint density at radius 2 is 2.00 bits per heavy atom. The number of hydrogen-bond donors (Lipinski definition) is 2. The summed E-state index contributed by atoms with van der Waals surface area (Å²) in [6, 6.07) is 0.400.